The largest absolute Gasteiger partial charge is 0.493 e. The van der Waals surface area contributed by atoms with Crippen LogP contribution in [0.5, 0.6) is 5.75 Å². The fraction of sp³-hybridized carbons (Fsp3) is 0.278. The van der Waals surface area contributed by atoms with Gasteiger partial charge in [-0.05, 0) is 23.3 Å². The summed E-state index contributed by atoms with van der Waals surface area (Å²) in [5.74, 6) is 0.954. The molecule has 0 bridgehead atoms. The van der Waals surface area contributed by atoms with Gasteiger partial charge >= 0.3 is 0 Å². The van der Waals surface area contributed by atoms with Crippen LogP contribution in [0.15, 0.2) is 48.5 Å². The Morgan fingerprint density at radius 2 is 2.00 bits per heavy atom. The zero-order chi connectivity index (χ0) is 14.5. The van der Waals surface area contributed by atoms with E-state index < -0.39 is 0 Å². The molecule has 0 amide bonds. The topological polar surface area (TPSA) is 45.0 Å². The highest BCUT2D eigenvalue weighted by atomic mass is 16.5. The van der Waals surface area contributed by atoms with Crippen LogP contribution < -0.4 is 10.1 Å². The summed E-state index contributed by atoms with van der Waals surface area (Å²) in [6.07, 6.45) is 1.47. The Hall–Kier alpha value is -2.31. The molecule has 2 aromatic rings. The van der Waals surface area contributed by atoms with Crippen molar-refractivity contribution in [3.63, 3.8) is 0 Å². The van der Waals surface area contributed by atoms with Crippen molar-refractivity contribution in [1.29, 1.82) is 5.26 Å². The zero-order valence-electron chi connectivity index (χ0n) is 11.9. The van der Waals surface area contributed by atoms with E-state index in [1.807, 2.05) is 18.2 Å². The molecule has 3 heteroatoms. The van der Waals surface area contributed by atoms with Crippen molar-refractivity contribution in [3.05, 3.63) is 54.1 Å². The number of hydrogen-bond acceptors (Lipinski definition) is 3. The number of ether oxygens (including phenoxy) is 1. The minimum atomic E-state index is 0.269. The van der Waals surface area contributed by atoms with Crippen LogP contribution in [0.2, 0.25) is 0 Å². The Morgan fingerprint density at radius 3 is 2.81 bits per heavy atom. The van der Waals surface area contributed by atoms with Crippen molar-refractivity contribution in [3.8, 4) is 22.9 Å². The predicted molar refractivity (Wildman–Crippen MR) is 83.0 cm³/mol. The van der Waals surface area contributed by atoms with Crippen LogP contribution in [0, 0.1) is 11.3 Å². The first-order valence-electron chi connectivity index (χ1n) is 7.31. The summed E-state index contributed by atoms with van der Waals surface area (Å²) in [7, 11) is 0. The molecule has 1 N–H and O–H groups in total. The number of benzene rings is 2. The van der Waals surface area contributed by atoms with E-state index in [2.05, 4.69) is 41.7 Å². The maximum Gasteiger partial charge on any atom is 0.124 e. The maximum absolute atomic E-state index is 8.67. The van der Waals surface area contributed by atoms with Gasteiger partial charge in [0.05, 0.1) is 12.7 Å². The van der Waals surface area contributed by atoms with E-state index in [1.54, 1.807) is 0 Å². The molecule has 0 spiro atoms. The predicted octanol–water partition coefficient (Wildman–Crippen LogP) is 3.68. The average Bonchev–Trinajstić information content (AvgIpc) is 2.56. The lowest BCUT2D eigenvalue weighted by Gasteiger charge is -2.27. The van der Waals surface area contributed by atoms with Gasteiger partial charge < -0.3 is 10.1 Å². The van der Waals surface area contributed by atoms with Gasteiger partial charge in [-0.1, -0.05) is 36.4 Å². The van der Waals surface area contributed by atoms with Gasteiger partial charge in [0.2, 0.25) is 0 Å². The molecule has 0 saturated heterocycles. The molecule has 1 atom stereocenters. The Bertz CT molecular complexity index is 646. The second kappa shape index (κ2) is 6.43. The molecule has 3 nitrogen and oxygen atoms in total. The summed E-state index contributed by atoms with van der Waals surface area (Å²) < 4.78 is 5.75. The highest BCUT2D eigenvalue weighted by molar-refractivity contribution is 5.66. The maximum atomic E-state index is 8.67. The smallest absolute Gasteiger partial charge is 0.124 e. The summed E-state index contributed by atoms with van der Waals surface area (Å²) in [5, 5.41) is 12.1. The zero-order valence-corrected chi connectivity index (χ0v) is 11.9. The first-order chi connectivity index (χ1) is 10.4. The summed E-state index contributed by atoms with van der Waals surface area (Å²) in [4.78, 5) is 0. The van der Waals surface area contributed by atoms with E-state index in [0.717, 1.165) is 25.3 Å². The van der Waals surface area contributed by atoms with Crippen molar-refractivity contribution in [1.82, 2.24) is 5.32 Å². The summed E-state index contributed by atoms with van der Waals surface area (Å²) in [6, 6.07) is 19.2. The first kappa shape index (κ1) is 13.7. The molecular formula is C18H18N2O. The van der Waals surface area contributed by atoms with Gasteiger partial charge in [-0.25, -0.2) is 0 Å². The van der Waals surface area contributed by atoms with Gasteiger partial charge in [0.25, 0.3) is 0 Å². The standard InChI is InChI=1S/C18H18N2O/c19-10-4-11-20-17-9-12-21-18-8-7-15(13-16(17)18)14-5-2-1-3-6-14/h1-3,5-8,13,17,20H,4,9,11-12H2/t17-/m0/s1. The van der Waals surface area contributed by atoms with Gasteiger partial charge in [-0.3, -0.25) is 0 Å². The second-order valence-electron chi connectivity index (χ2n) is 5.17. The van der Waals surface area contributed by atoms with E-state index in [0.29, 0.717) is 6.42 Å². The number of rotatable bonds is 4. The van der Waals surface area contributed by atoms with Crippen LogP contribution in [-0.4, -0.2) is 13.2 Å². The number of nitriles is 1. The lowest BCUT2D eigenvalue weighted by atomic mass is 9.95. The molecule has 21 heavy (non-hydrogen) atoms. The van der Waals surface area contributed by atoms with Crippen LogP contribution in [0.1, 0.15) is 24.4 Å². The SMILES string of the molecule is N#CCCN[C@H]1CCOc2ccc(-c3ccccc3)cc21. The number of fused-ring (bicyclic) bond motifs is 1. The van der Waals surface area contributed by atoms with Crippen molar-refractivity contribution < 1.29 is 4.74 Å². The van der Waals surface area contributed by atoms with E-state index in [1.165, 1.54) is 16.7 Å². The molecule has 1 aliphatic heterocycles. The van der Waals surface area contributed by atoms with Crippen LogP contribution in [0.3, 0.4) is 0 Å². The second-order valence-corrected chi connectivity index (χ2v) is 5.17. The molecule has 106 valence electrons. The van der Waals surface area contributed by atoms with Gasteiger partial charge in [0, 0.05) is 31.0 Å². The Morgan fingerprint density at radius 1 is 1.14 bits per heavy atom. The average molecular weight is 278 g/mol. The van der Waals surface area contributed by atoms with Crippen LogP contribution >= 0.6 is 0 Å². The molecule has 2 aromatic carbocycles. The summed E-state index contributed by atoms with van der Waals surface area (Å²) >= 11 is 0. The molecule has 1 aliphatic rings. The van der Waals surface area contributed by atoms with E-state index in [4.69, 9.17) is 10.00 Å². The molecule has 1 heterocycles. The highest BCUT2D eigenvalue weighted by Gasteiger charge is 2.21. The minimum absolute atomic E-state index is 0.269. The number of nitrogens with one attached hydrogen (secondary N) is 1. The Balaban J connectivity index is 1.88. The molecule has 0 fully saturated rings. The van der Waals surface area contributed by atoms with Crippen molar-refractivity contribution >= 4 is 0 Å². The van der Waals surface area contributed by atoms with Crippen LogP contribution in [0.4, 0.5) is 0 Å². The molecule has 0 aliphatic carbocycles. The van der Waals surface area contributed by atoms with E-state index in [9.17, 15) is 0 Å². The van der Waals surface area contributed by atoms with Crippen LogP contribution in [0.25, 0.3) is 11.1 Å². The van der Waals surface area contributed by atoms with Gasteiger partial charge in [0.15, 0.2) is 0 Å². The summed E-state index contributed by atoms with van der Waals surface area (Å²) in [6.45, 7) is 1.44. The monoisotopic (exact) mass is 278 g/mol. The van der Waals surface area contributed by atoms with Gasteiger partial charge in [0.1, 0.15) is 5.75 Å². The number of nitrogens with zero attached hydrogens (tertiary/aromatic N) is 1. The molecular weight excluding hydrogens is 260 g/mol. The molecule has 0 aromatic heterocycles. The first-order valence-corrected chi connectivity index (χ1v) is 7.31. The van der Waals surface area contributed by atoms with Crippen LogP contribution in [-0.2, 0) is 0 Å². The van der Waals surface area contributed by atoms with Gasteiger partial charge in [-0.2, -0.15) is 5.26 Å². The lowest BCUT2D eigenvalue weighted by molar-refractivity contribution is 0.253. The third-order valence-corrected chi connectivity index (χ3v) is 3.78. The quantitative estimate of drug-likeness (QED) is 0.868. The molecule has 0 unspecified atom stereocenters. The summed E-state index contributed by atoms with van der Waals surface area (Å²) in [5.41, 5.74) is 3.61. The van der Waals surface area contributed by atoms with Crippen molar-refractivity contribution in [2.75, 3.05) is 13.2 Å². The van der Waals surface area contributed by atoms with E-state index >= 15 is 0 Å². The molecule has 3 rings (SSSR count). The minimum Gasteiger partial charge on any atom is -0.493 e. The number of hydrogen-bond donors (Lipinski definition) is 1. The third kappa shape index (κ3) is 3.07. The normalized spacial score (nSPS) is 16.6. The third-order valence-electron chi connectivity index (χ3n) is 3.78. The highest BCUT2D eigenvalue weighted by Crippen LogP contribution is 2.35. The fourth-order valence-electron chi connectivity index (χ4n) is 2.72. The van der Waals surface area contributed by atoms with Crippen molar-refractivity contribution in [2.45, 2.75) is 18.9 Å². The fourth-order valence-corrected chi connectivity index (χ4v) is 2.72. The lowest BCUT2D eigenvalue weighted by Crippen LogP contribution is -2.27. The Kier molecular flexibility index (Phi) is 4.18. The van der Waals surface area contributed by atoms with Crippen molar-refractivity contribution in [2.24, 2.45) is 0 Å². The molecule has 0 saturated carbocycles. The van der Waals surface area contributed by atoms with E-state index in [-0.39, 0.29) is 6.04 Å². The van der Waals surface area contributed by atoms with Gasteiger partial charge in [-0.15, -0.1) is 0 Å². The molecule has 0 radical (unpaired) electrons. The Labute approximate surface area is 125 Å².